The monoisotopic (exact) mass is 210 g/mol. The van der Waals surface area contributed by atoms with Crippen molar-refractivity contribution < 1.29 is 19.0 Å². The molecule has 0 saturated heterocycles. The van der Waals surface area contributed by atoms with Gasteiger partial charge in [0.1, 0.15) is 5.82 Å². The Morgan fingerprint density at radius 2 is 2.33 bits per heavy atom. The summed E-state index contributed by atoms with van der Waals surface area (Å²) in [7, 11) is 1.34. The molecule has 1 aromatic carbocycles. The van der Waals surface area contributed by atoms with E-state index < -0.39 is 11.6 Å². The van der Waals surface area contributed by atoms with Crippen LogP contribution < -0.4 is 0 Å². The van der Waals surface area contributed by atoms with E-state index in [1.807, 2.05) is 0 Å². The van der Waals surface area contributed by atoms with Crippen LogP contribution in [0.4, 0.5) is 4.39 Å². The molecule has 80 valence electrons. The molecule has 1 atom stereocenters. The first kappa shape index (κ1) is 10.1. The highest BCUT2D eigenvalue weighted by Crippen LogP contribution is 2.40. The highest BCUT2D eigenvalue weighted by molar-refractivity contribution is 5.81. The average Bonchev–Trinajstić information content (AvgIpc) is 2.59. The maximum absolute atomic E-state index is 13.4. The summed E-state index contributed by atoms with van der Waals surface area (Å²) in [4.78, 5) is 11.2. The number of fused-ring (bicyclic) bond motifs is 1. The molecule has 0 amide bonds. The highest BCUT2D eigenvalue weighted by atomic mass is 19.1. The number of methoxy groups -OCH3 is 1. The highest BCUT2D eigenvalue weighted by Gasteiger charge is 2.46. The minimum atomic E-state index is -1.36. The van der Waals surface area contributed by atoms with Crippen molar-refractivity contribution in [2.24, 2.45) is 0 Å². The summed E-state index contributed by atoms with van der Waals surface area (Å²) in [6.07, 6.45) is 0.692. The second-order valence-corrected chi connectivity index (χ2v) is 3.60. The van der Waals surface area contributed by atoms with Gasteiger partial charge in [-0.1, -0.05) is 12.1 Å². The molecule has 1 N–H and O–H groups in total. The summed E-state index contributed by atoms with van der Waals surface area (Å²) in [5.41, 5.74) is -0.462. The van der Waals surface area contributed by atoms with Crippen LogP contribution in [0.3, 0.4) is 0 Å². The molecule has 4 heteroatoms. The fourth-order valence-electron chi connectivity index (χ4n) is 2.15. The van der Waals surface area contributed by atoms with Gasteiger partial charge in [-0.2, -0.15) is 0 Å². The van der Waals surface area contributed by atoms with Crippen molar-refractivity contribution in [3.8, 4) is 0 Å². The standard InChI is InChI=1S/C11H11FO3/c1-15-11(10(13)14)6-5-7-8(11)3-2-4-9(7)12/h2-4H,5-6H2,1H3,(H,13,14). The zero-order valence-electron chi connectivity index (χ0n) is 8.29. The summed E-state index contributed by atoms with van der Waals surface area (Å²) in [6, 6.07) is 4.46. The lowest BCUT2D eigenvalue weighted by molar-refractivity contribution is -0.163. The third-order valence-electron chi connectivity index (χ3n) is 2.97. The van der Waals surface area contributed by atoms with Crippen LogP contribution in [0.15, 0.2) is 18.2 Å². The van der Waals surface area contributed by atoms with E-state index in [1.54, 1.807) is 6.07 Å². The van der Waals surface area contributed by atoms with Crippen LogP contribution in [0, 0.1) is 5.82 Å². The molecular formula is C11H11FO3. The van der Waals surface area contributed by atoms with E-state index in [0.717, 1.165) is 0 Å². The molecule has 1 aliphatic rings. The van der Waals surface area contributed by atoms with Crippen LogP contribution in [0.25, 0.3) is 0 Å². The molecule has 1 aromatic rings. The maximum Gasteiger partial charge on any atom is 0.340 e. The fraction of sp³-hybridized carbons (Fsp3) is 0.364. The lowest BCUT2D eigenvalue weighted by Gasteiger charge is -2.23. The van der Waals surface area contributed by atoms with Gasteiger partial charge in [-0.3, -0.25) is 0 Å². The summed E-state index contributed by atoms with van der Waals surface area (Å²) < 4.78 is 18.5. The van der Waals surface area contributed by atoms with Crippen LogP contribution in [0.2, 0.25) is 0 Å². The molecule has 0 aliphatic heterocycles. The first-order chi connectivity index (χ1) is 7.12. The normalized spacial score (nSPS) is 23.9. The Bertz CT molecular complexity index is 416. The number of aliphatic carboxylic acids is 1. The number of halogens is 1. The zero-order chi connectivity index (χ0) is 11.1. The molecule has 0 radical (unpaired) electrons. The van der Waals surface area contributed by atoms with Gasteiger partial charge in [0.15, 0.2) is 5.60 Å². The Kier molecular flexibility index (Phi) is 2.23. The maximum atomic E-state index is 13.4. The van der Waals surface area contributed by atoms with E-state index in [4.69, 9.17) is 9.84 Å². The van der Waals surface area contributed by atoms with Gasteiger partial charge < -0.3 is 9.84 Å². The van der Waals surface area contributed by atoms with Crippen LogP contribution in [-0.4, -0.2) is 18.2 Å². The third-order valence-corrected chi connectivity index (χ3v) is 2.97. The van der Waals surface area contributed by atoms with Crippen molar-refractivity contribution in [1.29, 1.82) is 0 Å². The molecule has 1 unspecified atom stereocenters. The molecule has 0 spiro atoms. The molecule has 0 bridgehead atoms. The Balaban J connectivity index is 2.61. The number of benzene rings is 1. The second-order valence-electron chi connectivity index (χ2n) is 3.60. The van der Waals surface area contributed by atoms with E-state index >= 15 is 0 Å². The number of rotatable bonds is 2. The molecule has 0 aromatic heterocycles. The van der Waals surface area contributed by atoms with E-state index in [2.05, 4.69) is 0 Å². The molecule has 2 rings (SSSR count). The number of hydrogen-bond donors (Lipinski definition) is 1. The van der Waals surface area contributed by atoms with Gasteiger partial charge in [-0.15, -0.1) is 0 Å². The predicted molar refractivity (Wildman–Crippen MR) is 51.0 cm³/mol. The molecule has 0 heterocycles. The number of carboxylic acids is 1. The number of carboxylic acid groups (broad SMARTS) is 1. The summed E-state index contributed by atoms with van der Waals surface area (Å²) in [5.74, 6) is -1.41. The lowest BCUT2D eigenvalue weighted by atomic mass is 9.96. The third kappa shape index (κ3) is 1.25. The number of carbonyl (C=O) groups is 1. The molecule has 1 aliphatic carbocycles. The zero-order valence-corrected chi connectivity index (χ0v) is 8.29. The van der Waals surface area contributed by atoms with E-state index in [9.17, 15) is 9.18 Å². The smallest absolute Gasteiger partial charge is 0.340 e. The minimum absolute atomic E-state index is 0.287. The second kappa shape index (κ2) is 3.31. The molecule has 0 fully saturated rings. The Labute approximate surface area is 86.5 Å². The average molecular weight is 210 g/mol. The topological polar surface area (TPSA) is 46.5 Å². The van der Waals surface area contributed by atoms with Crippen LogP contribution in [-0.2, 0) is 21.6 Å². The van der Waals surface area contributed by atoms with Gasteiger partial charge in [-0.05, 0) is 24.5 Å². The Hall–Kier alpha value is -1.42. The summed E-state index contributed by atoms with van der Waals surface area (Å²) in [6.45, 7) is 0. The van der Waals surface area contributed by atoms with Crippen molar-refractivity contribution in [2.45, 2.75) is 18.4 Å². The first-order valence-electron chi connectivity index (χ1n) is 4.68. The Morgan fingerprint density at radius 3 is 2.93 bits per heavy atom. The van der Waals surface area contributed by atoms with Crippen molar-refractivity contribution in [3.63, 3.8) is 0 Å². The van der Waals surface area contributed by atoms with E-state index in [-0.39, 0.29) is 12.2 Å². The van der Waals surface area contributed by atoms with Crippen LogP contribution >= 0.6 is 0 Å². The quantitative estimate of drug-likeness (QED) is 0.808. The summed E-state index contributed by atoms with van der Waals surface area (Å²) >= 11 is 0. The number of ether oxygens (including phenoxy) is 1. The van der Waals surface area contributed by atoms with Crippen molar-refractivity contribution in [1.82, 2.24) is 0 Å². The van der Waals surface area contributed by atoms with Gasteiger partial charge in [-0.25, -0.2) is 9.18 Å². The molecule has 15 heavy (non-hydrogen) atoms. The van der Waals surface area contributed by atoms with Gasteiger partial charge in [0.2, 0.25) is 0 Å². The van der Waals surface area contributed by atoms with Crippen LogP contribution in [0.1, 0.15) is 17.5 Å². The predicted octanol–water partition coefficient (Wildman–Crippen LogP) is 1.70. The minimum Gasteiger partial charge on any atom is -0.479 e. The van der Waals surface area contributed by atoms with Crippen molar-refractivity contribution in [3.05, 3.63) is 35.1 Å². The van der Waals surface area contributed by atoms with Crippen LogP contribution in [0.5, 0.6) is 0 Å². The molecular weight excluding hydrogens is 199 g/mol. The molecule has 0 saturated carbocycles. The van der Waals surface area contributed by atoms with Crippen molar-refractivity contribution >= 4 is 5.97 Å². The fourth-order valence-corrected chi connectivity index (χ4v) is 2.15. The Morgan fingerprint density at radius 1 is 1.60 bits per heavy atom. The lowest BCUT2D eigenvalue weighted by Crippen LogP contribution is -2.35. The van der Waals surface area contributed by atoms with Gasteiger partial charge in [0.05, 0.1) is 0 Å². The van der Waals surface area contributed by atoms with Gasteiger partial charge >= 0.3 is 5.97 Å². The van der Waals surface area contributed by atoms with Gasteiger partial charge in [0.25, 0.3) is 0 Å². The number of hydrogen-bond acceptors (Lipinski definition) is 2. The SMILES string of the molecule is COC1(C(=O)O)CCc2c(F)cccc21. The largest absolute Gasteiger partial charge is 0.479 e. The van der Waals surface area contributed by atoms with E-state index in [1.165, 1.54) is 19.2 Å². The molecule has 3 nitrogen and oxygen atoms in total. The van der Waals surface area contributed by atoms with Gasteiger partial charge in [0, 0.05) is 12.7 Å². The summed E-state index contributed by atoms with van der Waals surface area (Å²) in [5, 5.41) is 9.15. The first-order valence-corrected chi connectivity index (χ1v) is 4.68. The van der Waals surface area contributed by atoms with E-state index in [0.29, 0.717) is 17.5 Å². The van der Waals surface area contributed by atoms with Crippen molar-refractivity contribution in [2.75, 3.05) is 7.11 Å².